The first kappa shape index (κ1) is 36.8. The molecule has 0 radical (unpaired) electrons. The van der Waals surface area contributed by atoms with Gasteiger partial charge in [-0.2, -0.15) is 0 Å². The highest BCUT2D eigenvalue weighted by molar-refractivity contribution is 7.25. The van der Waals surface area contributed by atoms with Gasteiger partial charge in [-0.3, -0.25) is 0 Å². The van der Waals surface area contributed by atoms with Crippen LogP contribution in [-0.4, -0.2) is 0 Å². The molecule has 0 fully saturated rings. The van der Waals surface area contributed by atoms with Crippen LogP contribution in [0, 0.1) is 0 Å². The zero-order valence-electron chi connectivity index (χ0n) is 35.4. The Labute approximate surface area is 368 Å². The van der Waals surface area contributed by atoms with E-state index in [9.17, 15) is 0 Å². The van der Waals surface area contributed by atoms with Crippen LogP contribution in [0.5, 0.6) is 0 Å². The summed E-state index contributed by atoms with van der Waals surface area (Å²) in [5.74, 6) is 0. The number of benzene rings is 9. The fourth-order valence-corrected chi connectivity index (χ4v) is 11.9. The van der Waals surface area contributed by atoms with Crippen molar-refractivity contribution in [1.82, 2.24) is 0 Å². The number of rotatable bonds is 6. The monoisotopic (exact) mass is 811 g/mol. The number of nitrogens with zero attached hydrogens (tertiary/aromatic N) is 1. The lowest BCUT2D eigenvalue weighted by Crippen LogP contribution is -2.15. The highest BCUT2D eigenvalue weighted by atomic mass is 32.1. The third-order valence-corrected chi connectivity index (χ3v) is 15.0. The third-order valence-electron chi connectivity index (χ3n) is 13.9. The van der Waals surface area contributed by atoms with E-state index in [2.05, 4.69) is 233 Å². The van der Waals surface area contributed by atoms with Crippen molar-refractivity contribution in [3.63, 3.8) is 0 Å². The van der Waals surface area contributed by atoms with Crippen molar-refractivity contribution in [3.8, 4) is 55.6 Å². The first-order chi connectivity index (χ1) is 30.3. The molecule has 0 amide bonds. The smallest absolute Gasteiger partial charge is 0.0540 e. The summed E-state index contributed by atoms with van der Waals surface area (Å²) >= 11 is 1.87. The Hall–Kier alpha value is -7.00. The van der Waals surface area contributed by atoms with Crippen LogP contribution in [-0.2, 0) is 10.8 Å². The first-order valence-electron chi connectivity index (χ1n) is 21.8. The number of hydrogen-bond donors (Lipinski definition) is 0. The van der Waals surface area contributed by atoms with Gasteiger partial charge in [-0.05, 0) is 121 Å². The molecule has 1 heterocycles. The van der Waals surface area contributed by atoms with Crippen LogP contribution >= 0.6 is 11.3 Å². The van der Waals surface area contributed by atoms with Gasteiger partial charge in [0.2, 0.25) is 0 Å². The average molecular weight is 812 g/mol. The van der Waals surface area contributed by atoms with Gasteiger partial charge < -0.3 is 4.90 Å². The predicted octanol–water partition coefficient (Wildman–Crippen LogP) is 17.1. The lowest BCUT2D eigenvalue weighted by Gasteiger charge is -2.29. The molecule has 296 valence electrons. The van der Waals surface area contributed by atoms with Crippen LogP contribution in [0.2, 0.25) is 0 Å². The molecule has 1 aromatic heterocycles. The van der Waals surface area contributed by atoms with E-state index in [1.165, 1.54) is 98.1 Å². The summed E-state index contributed by atoms with van der Waals surface area (Å²) in [6.45, 7) is 9.46. The summed E-state index contributed by atoms with van der Waals surface area (Å²) in [7, 11) is 0. The van der Waals surface area contributed by atoms with E-state index in [1.807, 2.05) is 11.3 Å². The van der Waals surface area contributed by atoms with Crippen LogP contribution in [0.4, 0.5) is 17.1 Å². The maximum absolute atomic E-state index is 2.47. The number of para-hydroxylation sites is 1. The SMILES string of the molecule is CC1(C)c2ccccc2-c2ccc(-c3cccc(N(c4ccc(-c5cccc6sc7ccccc7c56)cc4)c4ccccc4-c4cccc5c4-c4ccccc4C5(C)C)c3)cc21. The topological polar surface area (TPSA) is 3.24 Å². The molecule has 2 aliphatic rings. The Morgan fingerprint density at radius 2 is 0.919 bits per heavy atom. The summed E-state index contributed by atoms with van der Waals surface area (Å²) in [5, 5.41) is 2.65. The Morgan fingerprint density at radius 3 is 1.76 bits per heavy atom. The largest absolute Gasteiger partial charge is 0.310 e. The molecular weight excluding hydrogens is 767 g/mol. The molecule has 0 saturated carbocycles. The number of hydrogen-bond acceptors (Lipinski definition) is 2. The normalized spacial score (nSPS) is 14.1. The van der Waals surface area contributed by atoms with Crippen molar-refractivity contribution in [2.45, 2.75) is 38.5 Å². The van der Waals surface area contributed by atoms with Crippen molar-refractivity contribution in [2.75, 3.05) is 4.90 Å². The summed E-state index contributed by atoms with van der Waals surface area (Å²) in [6, 6.07) is 74.8. The minimum atomic E-state index is -0.0941. The molecule has 0 bridgehead atoms. The van der Waals surface area contributed by atoms with Crippen LogP contribution in [0.1, 0.15) is 49.9 Å². The second-order valence-electron chi connectivity index (χ2n) is 18.1. The van der Waals surface area contributed by atoms with E-state index in [1.54, 1.807) is 0 Å². The maximum atomic E-state index is 2.47. The van der Waals surface area contributed by atoms with Gasteiger partial charge in [-0.1, -0.05) is 179 Å². The molecule has 10 aromatic rings. The zero-order valence-corrected chi connectivity index (χ0v) is 36.2. The van der Waals surface area contributed by atoms with Crippen molar-refractivity contribution in [2.24, 2.45) is 0 Å². The quantitative estimate of drug-likeness (QED) is 0.162. The van der Waals surface area contributed by atoms with E-state index < -0.39 is 0 Å². The Bertz CT molecular complexity index is 3420. The van der Waals surface area contributed by atoms with Gasteiger partial charge >= 0.3 is 0 Å². The summed E-state index contributed by atoms with van der Waals surface area (Å²) in [4.78, 5) is 2.47. The highest BCUT2D eigenvalue weighted by Gasteiger charge is 2.38. The van der Waals surface area contributed by atoms with Crippen LogP contribution < -0.4 is 4.90 Å². The molecule has 0 spiro atoms. The van der Waals surface area contributed by atoms with Crippen molar-refractivity contribution >= 4 is 48.6 Å². The van der Waals surface area contributed by atoms with Gasteiger partial charge in [0.05, 0.1) is 5.69 Å². The lowest BCUT2D eigenvalue weighted by molar-refractivity contribution is 0.660. The van der Waals surface area contributed by atoms with Crippen LogP contribution in [0.15, 0.2) is 200 Å². The van der Waals surface area contributed by atoms with Crippen molar-refractivity contribution < 1.29 is 0 Å². The summed E-state index contributed by atoms with van der Waals surface area (Å²) in [5.41, 5.74) is 21.5. The molecule has 0 saturated heterocycles. The fraction of sp³-hybridized carbons (Fsp3) is 0.100. The Morgan fingerprint density at radius 1 is 0.355 bits per heavy atom. The summed E-state index contributed by atoms with van der Waals surface area (Å²) in [6.07, 6.45) is 0. The van der Waals surface area contributed by atoms with Crippen LogP contribution in [0.3, 0.4) is 0 Å². The molecule has 0 atom stereocenters. The highest BCUT2D eigenvalue weighted by Crippen LogP contribution is 2.54. The molecule has 1 nitrogen and oxygen atoms in total. The average Bonchev–Trinajstić information content (AvgIpc) is 3.89. The van der Waals surface area contributed by atoms with Crippen molar-refractivity contribution in [3.05, 3.63) is 222 Å². The minimum Gasteiger partial charge on any atom is -0.310 e. The van der Waals surface area contributed by atoms with E-state index in [-0.39, 0.29) is 10.8 Å². The third kappa shape index (κ3) is 5.46. The van der Waals surface area contributed by atoms with E-state index in [4.69, 9.17) is 0 Å². The number of anilines is 3. The predicted molar refractivity (Wildman–Crippen MR) is 265 cm³/mol. The molecule has 12 rings (SSSR count). The lowest BCUT2D eigenvalue weighted by atomic mass is 9.81. The molecule has 2 heteroatoms. The number of fused-ring (bicyclic) bond motifs is 9. The molecule has 0 aliphatic heterocycles. The van der Waals surface area contributed by atoms with Gasteiger partial charge in [0.25, 0.3) is 0 Å². The molecule has 9 aromatic carbocycles. The molecule has 2 aliphatic carbocycles. The molecular formula is C60H45NS. The molecule has 0 unspecified atom stereocenters. The van der Waals surface area contributed by atoms with Crippen molar-refractivity contribution in [1.29, 1.82) is 0 Å². The fourth-order valence-electron chi connectivity index (χ4n) is 10.8. The molecule has 62 heavy (non-hydrogen) atoms. The minimum absolute atomic E-state index is 0.0744. The van der Waals surface area contributed by atoms with Gasteiger partial charge in [0, 0.05) is 47.9 Å². The van der Waals surface area contributed by atoms with Gasteiger partial charge in [0.15, 0.2) is 0 Å². The van der Waals surface area contributed by atoms with Gasteiger partial charge in [-0.15, -0.1) is 11.3 Å². The van der Waals surface area contributed by atoms with E-state index >= 15 is 0 Å². The Balaban J connectivity index is 1.04. The zero-order chi connectivity index (χ0) is 41.7. The van der Waals surface area contributed by atoms with Gasteiger partial charge in [-0.25, -0.2) is 0 Å². The van der Waals surface area contributed by atoms with E-state index in [0.29, 0.717) is 0 Å². The first-order valence-corrected chi connectivity index (χ1v) is 22.6. The van der Waals surface area contributed by atoms with Gasteiger partial charge in [0.1, 0.15) is 0 Å². The second-order valence-corrected chi connectivity index (χ2v) is 19.1. The number of thiophene rings is 1. The summed E-state index contributed by atoms with van der Waals surface area (Å²) < 4.78 is 2.64. The Kier molecular flexibility index (Phi) is 8.17. The standard InChI is InChI=1S/C60H45NS/c1-59(2)51-25-10-6-20-48(51)57-47(23-14-26-52(57)59)46-19-7-11-27-54(46)61(41-33-30-38(31-34-41)43-22-15-29-56-58(43)49-21-8-12-28-55(49)62-56)42-17-13-16-39(36-42)40-32-35-45-44-18-5-9-24-50(44)60(3,4)53(45)37-40/h5-37H,1-4H3. The maximum Gasteiger partial charge on any atom is 0.0540 e. The molecule has 0 N–H and O–H groups in total. The second kappa shape index (κ2) is 13.8. The van der Waals surface area contributed by atoms with E-state index in [0.717, 1.165) is 17.1 Å². The van der Waals surface area contributed by atoms with Crippen LogP contribution in [0.25, 0.3) is 75.8 Å².